The van der Waals surface area contributed by atoms with Gasteiger partial charge in [-0.3, -0.25) is 19.2 Å². The quantitative estimate of drug-likeness (QED) is 0.266. The Kier molecular flexibility index (Phi) is 10.2. The van der Waals surface area contributed by atoms with Crippen molar-refractivity contribution in [1.29, 1.82) is 0 Å². The smallest absolute Gasteiger partial charge is 0.312 e. The van der Waals surface area contributed by atoms with Crippen LogP contribution in [-0.4, -0.2) is 108 Å². The normalized spacial score (nSPS) is 38.2. The second-order valence-corrected chi connectivity index (χ2v) is 16.3. The molecule has 48 heavy (non-hydrogen) atoms. The van der Waals surface area contributed by atoms with Crippen LogP contribution < -0.4 is 0 Å². The van der Waals surface area contributed by atoms with E-state index in [4.69, 9.17) is 37.9 Å². The number of aliphatic hydroxyl groups is 2. The van der Waals surface area contributed by atoms with Gasteiger partial charge in [-0.05, 0) is 83.1 Å². The van der Waals surface area contributed by atoms with Gasteiger partial charge in [-0.2, -0.15) is 0 Å². The molecule has 14 heteroatoms. The topological polar surface area (TPSA) is 183 Å². The fourth-order valence-electron chi connectivity index (χ4n) is 7.52. The molecule has 0 aromatic heterocycles. The fourth-order valence-corrected chi connectivity index (χ4v) is 7.52. The van der Waals surface area contributed by atoms with Gasteiger partial charge < -0.3 is 48.1 Å². The van der Waals surface area contributed by atoms with E-state index >= 15 is 0 Å². The third kappa shape index (κ3) is 6.85. The van der Waals surface area contributed by atoms with Crippen LogP contribution in [-0.2, 0) is 57.1 Å². The lowest BCUT2D eigenvalue weighted by Gasteiger charge is -2.40. The molecule has 274 valence electrons. The Labute approximate surface area is 282 Å². The van der Waals surface area contributed by atoms with Crippen molar-refractivity contribution in [1.82, 2.24) is 0 Å². The molecule has 0 aromatic carbocycles. The van der Waals surface area contributed by atoms with E-state index in [1.807, 2.05) is 0 Å². The van der Waals surface area contributed by atoms with Crippen LogP contribution in [0.3, 0.4) is 0 Å². The van der Waals surface area contributed by atoms with Crippen molar-refractivity contribution in [2.45, 2.75) is 130 Å². The molecule has 0 spiro atoms. The third-order valence-corrected chi connectivity index (χ3v) is 9.47. The summed E-state index contributed by atoms with van der Waals surface area (Å²) >= 11 is 0. The highest BCUT2D eigenvalue weighted by Crippen LogP contribution is 2.61. The van der Waals surface area contributed by atoms with Crippen LogP contribution in [0.2, 0.25) is 0 Å². The number of carbonyl (C=O) groups excluding carboxylic acids is 4. The maximum absolute atomic E-state index is 14.0. The van der Waals surface area contributed by atoms with Gasteiger partial charge in [-0.1, -0.05) is 0 Å². The van der Waals surface area contributed by atoms with E-state index in [0.29, 0.717) is 0 Å². The van der Waals surface area contributed by atoms with Crippen LogP contribution in [0.1, 0.15) is 83.1 Å². The zero-order valence-electron chi connectivity index (χ0n) is 30.2. The monoisotopic (exact) mass is 686 g/mol. The standard InChI is InChI=1S/C34H54O14/c1-13-41-25(35)19-17(21-23(47-31(9,10)45-21)33(19,39)15-43-27(37)29(3,4)5)18-20(26(36)42-14-2)34(40,16-44-28(38)30(6,7)8)24-22(18)46-32(11,12)48-24/h17-24,39-40H,13-16H2,1-12H3/t17-,18-,19+,20+,21-,22-,23-,24-,33-,34+/m0/s1. The molecule has 4 aliphatic rings. The number of esters is 4. The van der Waals surface area contributed by atoms with Crippen LogP contribution in [0, 0.1) is 34.5 Å². The number of hydrogen-bond donors (Lipinski definition) is 2. The Balaban J connectivity index is 1.92. The SMILES string of the molecule is CCOC(=O)[C@H]1[C@H]([C@@H]2[C@@H]3OC(C)(C)O[C@@H]3[C@@](O)(COC(=O)C(C)(C)C)[C@H]2C(=O)OCC)[C@@H]2OC(C)(C)O[C@@H]2[C@]1(O)COC(=O)C(C)(C)C. The maximum atomic E-state index is 14.0. The summed E-state index contributed by atoms with van der Waals surface area (Å²) in [4.78, 5) is 53.9. The van der Waals surface area contributed by atoms with Crippen molar-refractivity contribution in [2.24, 2.45) is 34.5 Å². The molecular formula is C34H54O14. The Morgan fingerprint density at radius 2 is 0.896 bits per heavy atom. The fraction of sp³-hybridized carbons (Fsp3) is 0.882. The third-order valence-electron chi connectivity index (χ3n) is 9.47. The molecule has 2 heterocycles. The summed E-state index contributed by atoms with van der Waals surface area (Å²) in [5, 5.41) is 25.1. The van der Waals surface area contributed by atoms with Crippen molar-refractivity contribution in [2.75, 3.05) is 26.4 Å². The summed E-state index contributed by atoms with van der Waals surface area (Å²) in [5.74, 6) is -10.9. The van der Waals surface area contributed by atoms with Gasteiger partial charge in [0.2, 0.25) is 0 Å². The zero-order valence-corrected chi connectivity index (χ0v) is 30.2. The molecule has 0 unspecified atom stereocenters. The number of fused-ring (bicyclic) bond motifs is 2. The molecule has 2 saturated carbocycles. The van der Waals surface area contributed by atoms with Gasteiger partial charge in [-0.25, -0.2) is 0 Å². The molecule has 4 rings (SSSR count). The van der Waals surface area contributed by atoms with E-state index in [9.17, 15) is 29.4 Å². The predicted molar refractivity (Wildman–Crippen MR) is 166 cm³/mol. The summed E-state index contributed by atoms with van der Waals surface area (Å²) in [6.07, 6.45) is -4.68. The molecule has 10 atom stereocenters. The lowest BCUT2D eigenvalue weighted by atomic mass is 9.71. The van der Waals surface area contributed by atoms with E-state index in [-0.39, 0.29) is 13.2 Å². The molecule has 0 amide bonds. The summed E-state index contributed by atoms with van der Waals surface area (Å²) < 4.78 is 47.5. The molecule has 2 aliphatic carbocycles. The molecule has 0 aromatic rings. The van der Waals surface area contributed by atoms with Crippen molar-refractivity contribution >= 4 is 23.9 Å². The first-order chi connectivity index (χ1) is 21.8. The number of ether oxygens (including phenoxy) is 8. The summed E-state index contributed by atoms with van der Waals surface area (Å²) in [7, 11) is 0. The number of hydrogen-bond acceptors (Lipinski definition) is 14. The van der Waals surface area contributed by atoms with E-state index in [1.165, 1.54) is 0 Å². The van der Waals surface area contributed by atoms with Gasteiger partial charge >= 0.3 is 23.9 Å². The second-order valence-electron chi connectivity index (χ2n) is 16.3. The molecule has 0 bridgehead atoms. The van der Waals surface area contributed by atoms with Crippen LogP contribution in [0.25, 0.3) is 0 Å². The van der Waals surface area contributed by atoms with E-state index in [0.717, 1.165) is 0 Å². The zero-order chi connectivity index (χ0) is 36.4. The molecule has 14 nitrogen and oxygen atoms in total. The van der Waals surface area contributed by atoms with Crippen molar-refractivity contribution in [3.8, 4) is 0 Å². The minimum Gasteiger partial charge on any atom is -0.466 e. The van der Waals surface area contributed by atoms with Gasteiger partial charge in [0.1, 0.15) is 36.6 Å². The lowest BCUT2D eigenvalue weighted by Crippen LogP contribution is -2.56. The number of carbonyl (C=O) groups is 4. The molecule has 2 N–H and O–H groups in total. The molecule has 2 aliphatic heterocycles. The predicted octanol–water partition coefficient (Wildman–Crippen LogP) is 2.29. The van der Waals surface area contributed by atoms with Crippen LogP contribution >= 0.6 is 0 Å². The van der Waals surface area contributed by atoms with E-state index < -0.39 is 119 Å². The first-order valence-electron chi connectivity index (χ1n) is 16.7. The minimum absolute atomic E-state index is 0.0557. The lowest BCUT2D eigenvalue weighted by molar-refractivity contribution is -0.230. The first kappa shape index (κ1) is 38.4. The largest absolute Gasteiger partial charge is 0.466 e. The highest BCUT2D eigenvalue weighted by atomic mass is 16.8. The van der Waals surface area contributed by atoms with Crippen molar-refractivity contribution in [3.05, 3.63) is 0 Å². The van der Waals surface area contributed by atoms with Gasteiger partial charge in [-0.15, -0.1) is 0 Å². The van der Waals surface area contributed by atoms with Gasteiger partial charge in [0.15, 0.2) is 11.6 Å². The van der Waals surface area contributed by atoms with E-state index in [1.54, 1.807) is 83.1 Å². The molecular weight excluding hydrogens is 632 g/mol. The Morgan fingerprint density at radius 1 is 0.583 bits per heavy atom. The van der Waals surface area contributed by atoms with Crippen LogP contribution in [0.15, 0.2) is 0 Å². The minimum atomic E-state index is -2.21. The molecule has 2 saturated heterocycles. The van der Waals surface area contributed by atoms with Crippen molar-refractivity contribution in [3.63, 3.8) is 0 Å². The average Bonchev–Trinajstić information content (AvgIpc) is 3.58. The Morgan fingerprint density at radius 3 is 1.17 bits per heavy atom. The second kappa shape index (κ2) is 12.8. The highest BCUT2D eigenvalue weighted by molar-refractivity contribution is 5.79. The average molecular weight is 687 g/mol. The molecule has 4 fully saturated rings. The summed E-state index contributed by atoms with van der Waals surface area (Å²) in [6.45, 7) is 18.2. The van der Waals surface area contributed by atoms with Gasteiger partial charge in [0.25, 0.3) is 0 Å². The van der Waals surface area contributed by atoms with Crippen LogP contribution in [0.4, 0.5) is 0 Å². The number of rotatable bonds is 9. The van der Waals surface area contributed by atoms with Gasteiger partial charge in [0.05, 0.1) is 48.1 Å². The maximum Gasteiger partial charge on any atom is 0.312 e. The van der Waals surface area contributed by atoms with E-state index in [2.05, 4.69) is 0 Å². The molecule has 0 radical (unpaired) electrons. The van der Waals surface area contributed by atoms with Gasteiger partial charge in [0, 0.05) is 11.8 Å². The summed E-state index contributed by atoms with van der Waals surface area (Å²) in [6, 6.07) is 0. The van der Waals surface area contributed by atoms with Crippen LogP contribution in [0.5, 0.6) is 0 Å². The highest BCUT2D eigenvalue weighted by Gasteiger charge is 2.78. The Hall–Kier alpha value is -2.36. The summed E-state index contributed by atoms with van der Waals surface area (Å²) in [5.41, 5.74) is -6.29. The first-order valence-corrected chi connectivity index (χ1v) is 16.7. The Bertz CT molecular complexity index is 1170. The van der Waals surface area contributed by atoms with Crippen molar-refractivity contribution < 1.29 is 67.3 Å².